The Morgan fingerprint density at radius 1 is 0.519 bits per heavy atom. The molecule has 4 aromatic carbocycles. The van der Waals surface area contributed by atoms with Crippen LogP contribution < -0.4 is 16.0 Å². The highest BCUT2D eigenvalue weighted by atomic mass is 32.2. The number of urea groups is 2. The highest BCUT2D eigenvalue weighted by molar-refractivity contribution is 7.99. The maximum Gasteiger partial charge on any atom is 0.418 e. The van der Waals surface area contributed by atoms with E-state index in [2.05, 4.69) is 16.0 Å². The van der Waals surface area contributed by atoms with Crippen LogP contribution in [0.2, 0.25) is 0 Å². The minimum absolute atomic E-state index is 0.0561. The number of halogens is 12. The van der Waals surface area contributed by atoms with Crippen molar-refractivity contribution in [1.29, 1.82) is 0 Å². The number of hydrogen-bond donors (Lipinski definition) is 4. The van der Waals surface area contributed by atoms with E-state index in [1.165, 1.54) is 63.2 Å². The first-order chi connectivity index (χ1) is 38.2. The van der Waals surface area contributed by atoms with Gasteiger partial charge in [-0.05, 0) is 78.2 Å². The number of aliphatic carboxylic acids is 1. The lowest BCUT2D eigenvalue weighted by Gasteiger charge is -2.27. The number of rotatable bonds is 14. The van der Waals surface area contributed by atoms with Crippen LogP contribution in [0.3, 0.4) is 0 Å². The van der Waals surface area contributed by atoms with Gasteiger partial charge in [0.15, 0.2) is 0 Å². The molecule has 0 unspecified atom stereocenters. The first kappa shape index (κ1) is 63.2. The van der Waals surface area contributed by atoms with Crippen LogP contribution in [0.4, 0.5) is 73.6 Å². The maximum absolute atomic E-state index is 14.2. The number of carboxylic acids is 1. The van der Waals surface area contributed by atoms with E-state index in [0.717, 1.165) is 48.6 Å². The average Bonchev–Trinajstić information content (AvgIpc) is 3.19. The smallest absolute Gasteiger partial charge is 0.418 e. The van der Waals surface area contributed by atoms with E-state index in [-0.39, 0.29) is 93.2 Å². The number of amides is 6. The third-order valence-corrected chi connectivity index (χ3v) is 13.9. The van der Waals surface area contributed by atoms with Crippen LogP contribution >= 0.6 is 23.5 Å². The molecule has 3 heterocycles. The molecule has 15 nitrogen and oxygen atoms in total. The molecule has 3 aliphatic rings. The van der Waals surface area contributed by atoms with E-state index in [0.29, 0.717) is 49.8 Å². The second-order valence-corrected chi connectivity index (χ2v) is 19.7. The van der Waals surface area contributed by atoms with Gasteiger partial charge in [0.05, 0.1) is 61.9 Å². The number of carboxylic acid groups (broad SMARTS) is 1. The van der Waals surface area contributed by atoms with E-state index >= 15 is 0 Å². The summed E-state index contributed by atoms with van der Waals surface area (Å²) in [5.74, 6) is -2.31. The van der Waals surface area contributed by atoms with Crippen molar-refractivity contribution in [1.82, 2.24) is 20.0 Å². The summed E-state index contributed by atoms with van der Waals surface area (Å²) in [6.45, 7) is 3.41. The number of hydrogen-bond acceptors (Lipinski definition) is 10. The molecule has 0 saturated carbocycles. The standard InChI is InChI=1S/C26H25F6N3O5S.C26H25F6N3O4S/c27-25(28,29)22-16(7-9-20(36)35-11-13-40-14-12-35)6-8-19(23(22)26(30,31)32)41-18-4-1-3-17(15-18)34-24(39)33-10-2-5-21(37)38;27-25(28,29)22-17(5-7-21(36)34-8-12-38-13-9-34)4-6-20(23(22)26(30,31)32)40-19-3-1-2-18(16-19)33-24(37)35-10-14-39-15-11-35/h1,3-4,6-9,15H,2,5,10-14H2,(H,37,38)(H2,33,34,39);1-7,16H,8-15H2,(H,33,37)/b9-7+;7-5+. The molecule has 7 rings (SSSR count). The molecule has 81 heavy (non-hydrogen) atoms. The van der Waals surface area contributed by atoms with Gasteiger partial charge in [-0.15, -0.1) is 0 Å². The van der Waals surface area contributed by atoms with Gasteiger partial charge in [0.25, 0.3) is 0 Å². The van der Waals surface area contributed by atoms with Gasteiger partial charge >= 0.3 is 42.7 Å². The Morgan fingerprint density at radius 3 is 1.28 bits per heavy atom. The summed E-state index contributed by atoms with van der Waals surface area (Å²) >= 11 is 0.909. The quantitative estimate of drug-likeness (QED) is 0.0536. The Labute approximate surface area is 463 Å². The van der Waals surface area contributed by atoms with Crippen molar-refractivity contribution in [3.05, 3.63) is 118 Å². The Bertz CT molecular complexity index is 2940. The molecular formula is C52H50F12N6O9S2. The van der Waals surface area contributed by atoms with Crippen molar-refractivity contribution in [2.75, 3.05) is 96.1 Å². The van der Waals surface area contributed by atoms with Crippen molar-refractivity contribution in [2.24, 2.45) is 0 Å². The summed E-state index contributed by atoms with van der Waals surface area (Å²) < 4.78 is 185. The summed E-state index contributed by atoms with van der Waals surface area (Å²) in [6.07, 6.45) is -18.4. The van der Waals surface area contributed by atoms with Crippen LogP contribution in [0.5, 0.6) is 0 Å². The van der Waals surface area contributed by atoms with Crippen molar-refractivity contribution in [3.63, 3.8) is 0 Å². The normalized spacial score (nSPS) is 15.5. The van der Waals surface area contributed by atoms with Gasteiger partial charge in [0.1, 0.15) is 0 Å². The van der Waals surface area contributed by atoms with Crippen LogP contribution in [0.15, 0.2) is 105 Å². The molecule has 29 heteroatoms. The fourth-order valence-corrected chi connectivity index (χ4v) is 10.1. The molecule has 0 aliphatic carbocycles. The number of carbonyl (C=O) groups is 5. The number of benzene rings is 4. The van der Waals surface area contributed by atoms with E-state index < -0.39 is 97.7 Å². The molecule has 0 spiro atoms. The number of anilines is 2. The number of morpholine rings is 3. The molecule has 4 N–H and O–H groups in total. The van der Waals surface area contributed by atoms with Crippen molar-refractivity contribution in [2.45, 2.75) is 57.1 Å². The zero-order valence-corrected chi connectivity index (χ0v) is 43.9. The molecule has 0 radical (unpaired) electrons. The lowest BCUT2D eigenvalue weighted by atomic mass is 9.99. The topological polar surface area (TPSA) is 179 Å². The molecule has 3 saturated heterocycles. The van der Waals surface area contributed by atoms with Crippen molar-refractivity contribution >= 4 is 76.9 Å². The Morgan fingerprint density at radius 2 is 0.901 bits per heavy atom. The largest absolute Gasteiger partial charge is 0.481 e. The summed E-state index contributed by atoms with van der Waals surface area (Å²) in [7, 11) is 0. The number of ether oxygens (including phenoxy) is 3. The summed E-state index contributed by atoms with van der Waals surface area (Å²) in [4.78, 5) is 62.8. The second kappa shape index (κ2) is 28.2. The number of carbonyl (C=O) groups excluding carboxylic acids is 4. The molecule has 0 aromatic heterocycles. The van der Waals surface area contributed by atoms with Crippen molar-refractivity contribution in [3.8, 4) is 0 Å². The van der Waals surface area contributed by atoms with E-state index in [4.69, 9.17) is 19.3 Å². The molecule has 3 aliphatic heterocycles. The number of nitrogens with zero attached hydrogens (tertiary/aromatic N) is 3. The minimum atomic E-state index is -5.40. The van der Waals surface area contributed by atoms with Gasteiger partial charge in [0.2, 0.25) is 11.8 Å². The third kappa shape index (κ3) is 18.8. The molecular weight excluding hydrogens is 1140 g/mol. The monoisotopic (exact) mass is 1190 g/mol. The number of alkyl halides is 12. The zero-order chi connectivity index (χ0) is 59.1. The van der Waals surface area contributed by atoms with E-state index in [9.17, 15) is 76.7 Å². The van der Waals surface area contributed by atoms with Gasteiger partial charge in [0, 0.05) is 95.3 Å². The molecule has 4 aromatic rings. The van der Waals surface area contributed by atoms with Crippen LogP contribution in [-0.2, 0) is 53.3 Å². The third-order valence-electron chi connectivity index (χ3n) is 11.8. The predicted molar refractivity (Wildman–Crippen MR) is 272 cm³/mol. The Kier molecular flexibility index (Phi) is 22.0. The lowest BCUT2D eigenvalue weighted by Crippen LogP contribution is -2.43. The Balaban J connectivity index is 0.000000261. The lowest BCUT2D eigenvalue weighted by molar-refractivity contribution is -0.163. The van der Waals surface area contributed by atoms with Crippen LogP contribution in [0, 0.1) is 0 Å². The minimum Gasteiger partial charge on any atom is -0.481 e. The van der Waals surface area contributed by atoms with Gasteiger partial charge in [-0.2, -0.15) is 52.7 Å². The Hall–Kier alpha value is -6.95. The number of nitrogens with one attached hydrogen (secondary N) is 3. The molecule has 3 fully saturated rings. The van der Waals surface area contributed by atoms with Crippen LogP contribution in [0.25, 0.3) is 12.2 Å². The molecule has 0 atom stereocenters. The van der Waals surface area contributed by atoms with E-state index in [1.807, 2.05) is 0 Å². The first-order valence-electron chi connectivity index (χ1n) is 24.4. The fraction of sp³-hybridized carbons (Fsp3) is 0.365. The zero-order valence-electron chi connectivity index (χ0n) is 42.3. The fourth-order valence-electron chi connectivity index (χ4n) is 8.04. The predicted octanol–water partition coefficient (Wildman–Crippen LogP) is 11.3. The average molecular weight is 1200 g/mol. The highest BCUT2D eigenvalue weighted by Crippen LogP contribution is 2.50. The van der Waals surface area contributed by atoms with E-state index in [1.54, 1.807) is 0 Å². The SMILES string of the molecule is O=C(/C=C/c1ccc(Sc2cccc(NC(=O)N3CCOCC3)c2)c(C(F)(F)F)c1C(F)(F)F)N1CCOCC1.O=C(O)CCCNC(=O)Nc1cccc(Sc2ccc(/C=C/C(=O)N3CCOCC3)c(C(F)(F)F)c2C(F)(F)F)c1. The van der Waals surface area contributed by atoms with Crippen molar-refractivity contribution < 1.29 is 96.0 Å². The summed E-state index contributed by atoms with van der Waals surface area (Å²) in [5.41, 5.74) is -8.73. The molecule has 6 amide bonds. The highest BCUT2D eigenvalue weighted by Gasteiger charge is 2.48. The van der Waals surface area contributed by atoms with Gasteiger partial charge in [-0.3, -0.25) is 14.4 Å². The summed E-state index contributed by atoms with van der Waals surface area (Å²) in [5, 5.41) is 16.1. The summed E-state index contributed by atoms with van der Waals surface area (Å²) in [6, 6.07) is 13.8. The maximum atomic E-state index is 14.2. The van der Waals surface area contributed by atoms with Gasteiger partial charge in [-0.25, -0.2) is 9.59 Å². The molecule has 0 bridgehead atoms. The van der Waals surface area contributed by atoms with Crippen LogP contribution in [0.1, 0.15) is 46.2 Å². The van der Waals surface area contributed by atoms with Gasteiger partial charge in [-0.1, -0.05) is 47.8 Å². The second-order valence-electron chi connectivity index (χ2n) is 17.5. The first-order valence-corrected chi connectivity index (χ1v) is 26.0. The van der Waals surface area contributed by atoms with Gasteiger partial charge < -0.3 is 50.0 Å². The molecule has 438 valence electrons. The van der Waals surface area contributed by atoms with Crippen LogP contribution in [-0.4, -0.2) is 135 Å².